The van der Waals surface area contributed by atoms with Crippen molar-refractivity contribution in [3.05, 3.63) is 46.8 Å². The third-order valence-electron chi connectivity index (χ3n) is 6.18. The molecule has 1 unspecified atom stereocenters. The Morgan fingerprint density at radius 1 is 1.17 bits per heavy atom. The third-order valence-corrected chi connectivity index (χ3v) is 6.18. The first kappa shape index (κ1) is 20.0. The van der Waals surface area contributed by atoms with Crippen LogP contribution in [0.2, 0.25) is 0 Å². The highest BCUT2D eigenvalue weighted by atomic mass is 16.5. The SMILES string of the molecule is CC(=O)N1Cc2cc(C)ccc2OC2(CCCN(CCn3nc(C)cc3C)C2)C1. The summed E-state index contributed by atoms with van der Waals surface area (Å²) in [6, 6.07) is 8.44. The van der Waals surface area contributed by atoms with E-state index in [1.807, 2.05) is 11.8 Å². The second-order valence-corrected chi connectivity index (χ2v) is 8.80. The lowest BCUT2D eigenvalue weighted by molar-refractivity contribution is -0.133. The number of rotatable bonds is 3. The Hall–Kier alpha value is -2.34. The molecule has 3 heterocycles. The minimum Gasteiger partial charge on any atom is -0.484 e. The molecule has 2 aliphatic heterocycles. The number of likely N-dealkylation sites (tertiary alicyclic amines) is 1. The highest BCUT2D eigenvalue weighted by Crippen LogP contribution is 2.35. The molecule has 1 atom stereocenters. The Bertz CT molecular complexity index is 906. The van der Waals surface area contributed by atoms with Crippen molar-refractivity contribution in [2.45, 2.75) is 59.2 Å². The molecule has 0 bridgehead atoms. The highest BCUT2D eigenvalue weighted by Gasteiger charge is 2.42. The minimum atomic E-state index is -0.348. The van der Waals surface area contributed by atoms with Crippen molar-refractivity contribution in [2.75, 3.05) is 26.2 Å². The van der Waals surface area contributed by atoms with Gasteiger partial charge in [-0.3, -0.25) is 14.4 Å². The molecule has 0 aliphatic carbocycles. The molecule has 1 aromatic heterocycles. The van der Waals surface area contributed by atoms with Gasteiger partial charge in [0.1, 0.15) is 11.4 Å². The van der Waals surface area contributed by atoms with E-state index in [0.29, 0.717) is 13.1 Å². The van der Waals surface area contributed by atoms with E-state index >= 15 is 0 Å². The van der Waals surface area contributed by atoms with Crippen molar-refractivity contribution in [3.63, 3.8) is 0 Å². The largest absolute Gasteiger partial charge is 0.484 e. The number of fused-ring (bicyclic) bond motifs is 1. The lowest BCUT2D eigenvalue weighted by atomic mass is 9.91. The van der Waals surface area contributed by atoms with E-state index in [0.717, 1.165) is 56.0 Å². The zero-order chi connectivity index (χ0) is 20.6. The van der Waals surface area contributed by atoms with Gasteiger partial charge in [0, 0.05) is 37.8 Å². The lowest BCUT2D eigenvalue weighted by Crippen LogP contribution is -2.57. The van der Waals surface area contributed by atoms with Gasteiger partial charge in [0.05, 0.1) is 18.8 Å². The van der Waals surface area contributed by atoms with E-state index in [-0.39, 0.29) is 11.5 Å². The van der Waals surface area contributed by atoms with E-state index < -0.39 is 0 Å². The number of piperidine rings is 1. The average molecular weight is 397 g/mol. The van der Waals surface area contributed by atoms with Gasteiger partial charge in [-0.1, -0.05) is 17.7 Å². The van der Waals surface area contributed by atoms with Crippen LogP contribution in [-0.4, -0.2) is 57.3 Å². The van der Waals surface area contributed by atoms with Crippen LogP contribution in [0.1, 0.15) is 42.3 Å². The fourth-order valence-corrected chi connectivity index (χ4v) is 4.76. The zero-order valence-corrected chi connectivity index (χ0v) is 18.1. The molecular formula is C23H32N4O2. The minimum absolute atomic E-state index is 0.113. The number of carbonyl (C=O) groups excluding carboxylic acids is 1. The summed E-state index contributed by atoms with van der Waals surface area (Å²) in [6.07, 6.45) is 2.05. The van der Waals surface area contributed by atoms with Crippen LogP contribution in [-0.2, 0) is 17.9 Å². The second-order valence-electron chi connectivity index (χ2n) is 8.80. The third kappa shape index (κ3) is 4.32. The van der Waals surface area contributed by atoms with Crippen LogP contribution in [0.3, 0.4) is 0 Å². The maximum Gasteiger partial charge on any atom is 0.219 e. The van der Waals surface area contributed by atoms with Gasteiger partial charge in [0.15, 0.2) is 0 Å². The van der Waals surface area contributed by atoms with Gasteiger partial charge in [0.2, 0.25) is 5.91 Å². The predicted octanol–water partition coefficient (Wildman–Crippen LogP) is 3.08. The van der Waals surface area contributed by atoms with Gasteiger partial charge in [-0.05, 0) is 52.3 Å². The van der Waals surface area contributed by atoms with Crippen molar-refractivity contribution < 1.29 is 9.53 Å². The van der Waals surface area contributed by atoms with E-state index in [9.17, 15) is 4.79 Å². The standard InChI is InChI=1S/C23H32N4O2/c1-17-6-7-22-21(12-17)14-26(20(4)28)16-23(29-22)8-5-9-25(15-23)10-11-27-19(3)13-18(2)24-27/h6-7,12-13H,5,8-11,14-16H2,1-4H3. The fourth-order valence-electron chi connectivity index (χ4n) is 4.76. The highest BCUT2D eigenvalue weighted by molar-refractivity contribution is 5.73. The van der Waals surface area contributed by atoms with Crippen molar-refractivity contribution in [2.24, 2.45) is 0 Å². The number of carbonyl (C=O) groups is 1. The molecule has 2 aliphatic rings. The Labute approximate surface area is 173 Å². The first-order valence-electron chi connectivity index (χ1n) is 10.6. The number of amides is 1. The number of hydrogen-bond donors (Lipinski definition) is 0. The van der Waals surface area contributed by atoms with Crippen LogP contribution in [0.5, 0.6) is 5.75 Å². The van der Waals surface area contributed by atoms with Crippen LogP contribution in [0.25, 0.3) is 0 Å². The summed E-state index contributed by atoms with van der Waals surface area (Å²) in [5, 5.41) is 4.59. The molecule has 156 valence electrons. The number of hydrogen-bond acceptors (Lipinski definition) is 4. The van der Waals surface area contributed by atoms with Crippen molar-refractivity contribution in [3.8, 4) is 5.75 Å². The van der Waals surface area contributed by atoms with Crippen molar-refractivity contribution in [1.82, 2.24) is 19.6 Å². The zero-order valence-electron chi connectivity index (χ0n) is 18.1. The normalized spacial score (nSPS) is 22.3. The molecule has 4 rings (SSSR count). The molecule has 1 amide bonds. The monoisotopic (exact) mass is 396 g/mol. The van der Waals surface area contributed by atoms with Gasteiger partial charge in [-0.2, -0.15) is 5.10 Å². The van der Waals surface area contributed by atoms with E-state index in [4.69, 9.17) is 4.74 Å². The van der Waals surface area contributed by atoms with Gasteiger partial charge < -0.3 is 9.64 Å². The summed E-state index contributed by atoms with van der Waals surface area (Å²) in [4.78, 5) is 16.8. The molecule has 1 spiro atoms. The quantitative estimate of drug-likeness (QED) is 0.800. The number of nitrogens with zero attached hydrogens (tertiary/aromatic N) is 4. The number of aromatic nitrogens is 2. The molecule has 1 aromatic carbocycles. The Morgan fingerprint density at radius 3 is 2.72 bits per heavy atom. The Kier molecular flexibility index (Phi) is 5.38. The van der Waals surface area contributed by atoms with Gasteiger partial charge >= 0.3 is 0 Å². The molecule has 1 fully saturated rings. The maximum atomic E-state index is 12.3. The van der Waals surface area contributed by atoms with Crippen LogP contribution >= 0.6 is 0 Å². The summed E-state index contributed by atoms with van der Waals surface area (Å²) in [5.74, 6) is 1.04. The van der Waals surface area contributed by atoms with Crippen LogP contribution in [0.4, 0.5) is 0 Å². The van der Waals surface area contributed by atoms with Gasteiger partial charge in [0.25, 0.3) is 0 Å². The molecule has 0 saturated carbocycles. The number of benzene rings is 1. The topological polar surface area (TPSA) is 50.6 Å². The van der Waals surface area contributed by atoms with Crippen LogP contribution in [0.15, 0.2) is 24.3 Å². The maximum absolute atomic E-state index is 12.3. The van der Waals surface area contributed by atoms with Crippen molar-refractivity contribution >= 4 is 5.91 Å². The first-order valence-corrected chi connectivity index (χ1v) is 10.6. The number of aryl methyl sites for hydroxylation is 3. The van der Waals surface area contributed by atoms with E-state index in [1.54, 1.807) is 6.92 Å². The molecular weight excluding hydrogens is 364 g/mol. The second kappa shape index (κ2) is 7.82. The molecule has 6 nitrogen and oxygen atoms in total. The lowest BCUT2D eigenvalue weighted by Gasteiger charge is -2.43. The molecule has 1 saturated heterocycles. The Balaban J connectivity index is 1.54. The molecule has 0 radical (unpaired) electrons. The fraction of sp³-hybridized carbons (Fsp3) is 0.565. The summed E-state index contributed by atoms with van der Waals surface area (Å²) in [5.41, 5.74) is 4.22. The van der Waals surface area contributed by atoms with E-state index in [2.05, 4.69) is 52.8 Å². The van der Waals surface area contributed by atoms with Gasteiger partial charge in [-0.15, -0.1) is 0 Å². The summed E-state index contributed by atoms with van der Waals surface area (Å²) < 4.78 is 8.76. The summed E-state index contributed by atoms with van der Waals surface area (Å²) in [6.45, 7) is 12.9. The molecule has 2 aromatic rings. The molecule has 0 N–H and O–H groups in total. The van der Waals surface area contributed by atoms with E-state index in [1.165, 1.54) is 11.3 Å². The first-order chi connectivity index (χ1) is 13.8. The number of ether oxygens (including phenoxy) is 1. The molecule has 29 heavy (non-hydrogen) atoms. The smallest absolute Gasteiger partial charge is 0.219 e. The molecule has 6 heteroatoms. The summed E-state index contributed by atoms with van der Waals surface area (Å²) in [7, 11) is 0. The Morgan fingerprint density at radius 2 is 2.00 bits per heavy atom. The van der Waals surface area contributed by atoms with Crippen molar-refractivity contribution in [1.29, 1.82) is 0 Å². The van der Waals surface area contributed by atoms with Gasteiger partial charge in [-0.25, -0.2) is 0 Å². The average Bonchev–Trinajstić information content (AvgIpc) is 2.90. The predicted molar refractivity (Wildman–Crippen MR) is 113 cm³/mol. The van der Waals surface area contributed by atoms with Crippen LogP contribution in [0, 0.1) is 20.8 Å². The summed E-state index contributed by atoms with van der Waals surface area (Å²) >= 11 is 0. The van der Waals surface area contributed by atoms with Crippen LogP contribution < -0.4 is 4.74 Å².